The first kappa shape index (κ1) is 13.7. The Morgan fingerprint density at radius 2 is 2.00 bits per heavy atom. The van der Waals surface area contributed by atoms with Crippen molar-refractivity contribution in [2.24, 2.45) is 5.92 Å². The average molecular weight is 241 g/mol. The van der Waals surface area contributed by atoms with Crippen LogP contribution in [0.15, 0.2) is 18.2 Å². The van der Waals surface area contributed by atoms with Crippen molar-refractivity contribution in [3.8, 4) is 12.1 Å². The van der Waals surface area contributed by atoms with Gasteiger partial charge in [0, 0.05) is 12.1 Å². The molecule has 1 aromatic carbocycles. The summed E-state index contributed by atoms with van der Waals surface area (Å²) in [5.74, 6) is 0.261. The number of nitriles is 2. The molecule has 0 aromatic heterocycles. The van der Waals surface area contributed by atoms with Gasteiger partial charge in [0.1, 0.15) is 12.1 Å². The average Bonchev–Trinajstić information content (AvgIpc) is 2.38. The second-order valence-corrected chi connectivity index (χ2v) is 4.25. The Balaban J connectivity index is 2.78. The lowest BCUT2D eigenvalue weighted by Crippen LogP contribution is -2.14. The van der Waals surface area contributed by atoms with Crippen molar-refractivity contribution >= 4 is 11.6 Å². The normalized spacial score (nSPS) is 11.1. The van der Waals surface area contributed by atoms with Gasteiger partial charge >= 0.3 is 0 Å². The molecule has 0 aliphatic heterocycles. The molecule has 1 amide bonds. The molecule has 0 saturated heterocycles. The quantitative estimate of drug-likeness (QED) is 0.880. The number of hydrogen-bond donors (Lipinski definition) is 1. The summed E-state index contributed by atoms with van der Waals surface area (Å²) in [6.07, 6.45) is 1.41. The zero-order valence-corrected chi connectivity index (χ0v) is 10.5. The van der Waals surface area contributed by atoms with Crippen LogP contribution in [0.25, 0.3) is 0 Å². The van der Waals surface area contributed by atoms with Gasteiger partial charge in [0.25, 0.3) is 0 Å². The lowest BCUT2D eigenvalue weighted by atomic mass is 10.0. The van der Waals surface area contributed by atoms with E-state index in [0.717, 1.165) is 6.42 Å². The molecule has 92 valence electrons. The maximum Gasteiger partial charge on any atom is 0.224 e. The van der Waals surface area contributed by atoms with Gasteiger partial charge in [-0.1, -0.05) is 20.3 Å². The topological polar surface area (TPSA) is 76.7 Å². The van der Waals surface area contributed by atoms with Gasteiger partial charge in [0.15, 0.2) is 0 Å². The number of hydrogen-bond acceptors (Lipinski definition) is 3. The maximum atomic E-state index is 11.7. The summed E-state index contributed by atoms with van der Waals surface area (Å²) in [6, 6.07) is 8.56. The molecule has 0 aliphatic rings. The van der Waals surface area contributed by atoms with Gasteiger partial charge in [-0.05, 0) is 24.1 Å². The molecule has 0 heterocycles. The second-order valence-electron chi connectivity index (χ2n) is 4.25. The Kier molecular flexibility index (Phi) is 4.90. The van der Waals surface area contributed by atoms with Gasteiger partial charge < -0.3 is 5.32 Å². The number of nitrogens with one attached hydrogen (secondary N) is 1. The molecule has 18 heavy (non-hydrogen) atoms. The zero-order chi connectivity index (χ0) is 13.5. The summed E-state index contributed by atoms with van der Waals surface area (Å²) in [5.41, 5.74) is 1.15. The van der Waals surface area contributed by atoms with Crippen LogP contribution >= 0.6 is 0 Å². The predicted octanol–water partition coefficient (Wildman–Crippen LogP) is 2.80. The molecule has 0 fully saturated rings. The predicted molar refractivity (Wildman–Crippen MR) is 68.6 cm³/mol. The van der Waals surface area contributed by atoms with Crippen LogP contribution in [0.3, 0.4) is 0 Å². The molecule has 1 aromatic rings. The van der Waals surface area contributed by atoms with Crippen LogP contribution in [-0.4, -0.2) is 5.91 Å². The Hall–Kier alpha value is -2.33. The molecule has 4 nitrogen and oxygen atoms in total. The minimum Gasteiger partial charge on any atom is -0.326 e. The highest BCUT2D eigenvalue weighted by atomic mass is 16.1. The van der Waals surface area contributed by atoms with Gasteiger partial charge in [-0.15, -0.1) is 0 Å². The van der Waals surface area contributed by atoms with Crippen molar-refractivity contribution in [3.05, 3.63) is 29.3 Å². The van der Waals surface area contributed by atoms with Gasteiger partial charge in [-0.2, -0.15) is 10.5 Å². The highest BCUT2D eigenvalue weighted by molar-refractivity contribution is 5.91. The van der Waals surface area contributed by atoms with E-state index >= 15 is 0 Å². The Labute approximate surface area is 107 Å². The summed E-state index contributed by atoms with van der Waals surface area (Å²) in [6.45, 7) is 4.05. The van der Waals surface area contributed by atoms with E-state index in [9.17, 15) is 4.79 Å². The van der Waals surface area contributed by atoms with Crippen LogP contribution in [0.2, 0.25) is 0 Å². The minimum absolute atomic E-state index is 0.0713. The molecule has 0 bridgehead atoms. The first-order valence-electron chi connectivity index (χ1n) is 5.84. The molecule has 1 unspecified atom stereocenters. The van der Waals surface area contributed by atoms with E-state index in [2.05, 4.69) is 5.32 Å². The number of anilines is 1. The third-order valence-electron chi connectivity index (χ3n) is 2.78. The van der Waals surface area contributed by atoms with Crippen molar-refractivity contribution < 1.29 is 4.79 Å². The molecule has 0 radical (unpaired) electrons. The molecule has 1 rings (SSSR count). The van der Waals surface area contributed by atoms with Gasteiger partial charge in [0.2, 0.25) is 5.91 Å². The number of nitrogens with zero attached hydrogens (tertiary/aromatic N) is 2. The highest BCUT2D eigenvalue weighted by Gasteiger charge is 2.09. The smallest absolute Gasteiger partial charge is 0.224 e. The lowest BCUT2D eigenvalue weighted by Gasteiger charge is -2.09. The summed E-state index contributed by atoms with van der Waals surface area (Å²) in [5, 5.41) is 20.4. The third-order valence-corrected chi connectivity index (χ3v) is 2.78. The number of rotatable bonds is 4. The summed E-state index contributed by atoms with van der Waals surface area (Å²) >= 11 is 0. The van der Waals surface area contributed by atoms with E-state index in [1.165, 1.54) is 12.1 Å². The molecule has 0 aliphatic carbocycles. The number of carbonyl (C=O) groups is 1. The maximum absolute atomic E-state index is 11.7. The lowest BCUT2D eigenvalue weighted by molar-refractivity contribution is -0.117. The van der Waals surface area contributed by atoms with Gasteiger partial charge in [0.05, 0.1) is 11.1 Å². The van der Waals surface area contributed by atoms with Gasteiger partial charge in [-0.3, -0.25) is 4.79 Å². The van der Waals surface area contributed by atoms with E-state index in [1.54, 1.807) is 6.07 Å². The minimum atomic E-state index is -0.0713. The number of carbonyl (C=O) groups excluding carboxylic acids is 1. The van der Waals surface area contributed by atoms with Crippen LogP contribution in [0, 0.1) is 28.6 Å². The van der Waals surface area contributed by atoms with Crippen LogP contribution < -0.4 is 5.32 Å². The second kappa shape index (κ2) is 6.42. The molecular weight excluding hydrogens is 226 g/mol. The van der Waals surface area contributed by atoms with E-state index in [-0.39, 0.29) is 11.5 Å². The highest BCUT2D eigenvalue weighted by Crippen LogP contribution is 2.16. The molecule has 1 atom stereocenters. The first-order chi connectivity index (χ1) is 8.60. The Morgan fingerprint density at radius 1 is 1.33 bits per heavy atom. The van der Waals surface area contributed by atoms with E-state index in [4.69, 9.17) is 10.5 Å². The van der Waals surface area contributed by atoms with Crippen molar-refractivity contribution in [1.29, 1.82) is 10.5 Å². The fourth-order valence-electron chi connectivity index (χ4n) is 1.48. The van der Waals surface area contributed by atoms with Crippen LogP contribution in [-0.2, 0) is 4.79 Å². The van der Waals surface area contributed by atoms with Crippen molar-refractivity contribution in [2.75, 3.05) is 5.32 Å². The SMILES string of the molecule is CCC(C)CC(=O)Nc1ccc(C#N)c(C#N)c1. The van der Waals surface area contributed by atoms with Crippen molar-refractivity contribution in [1.82, 2.24) is 0 Å². The largest absolute Gasteiger partial charge is 0.326 e. The van der Waals surface area contributed by atoms with Gasteiger partial charge in [-0.25, -0.2) is 0 Å². The van der Waals surface area contributed by atoms with Crippen molar-refractivity contribution in [3.63, 3.8) is 0 Å². The summed E-state index contributed by atoms with van der Waals surface area (Å²) in [7, 11) is 0. The fourth-order valence-corrected chi connectivity index (χ4v) is 1.48. The molecule has 1 N–H and O–H groups in total. The molecule has 4 heteroatoms. The monoisotopic (exact) mass is 241 g/mol. The van der Waals surface area contributed by atoms with Crippen LogP contribution in [0.1, 0.15) is 37.8 Å². The van der Waals surface area contributed by atoms with E-state index in [0.29, 0.717) is 23.6 Å². The molecular formula is C14H15N3O. The fraction of sp³-hybridized carbons (Fsp3) is 0.357. The Bertz CT molecular complexity index is 523. The summed E-state index contributed by atoms with van der Waals surface area (Å²) in [4.78, 5) is 11.7. The van der Waals surface area contributed by atoms with Crippen LogP contribution in [0.4, 0.5) is 5.69 Å². The number of benzene rings is 1. The van der Waals surface area contributed by atoms with Crippen molar-refractivity contribution in [2.45, 2.75) is 26.7 Å². The van der Waals surface area contributed by atoms with E-state index < -0.39 is 0 Å². The number of amides is 1. The third kappa shape index (κ3) is 3.61. The molecule has 0 saturated carbocycles. The van der Waals surface area contributed by atoms with E-state index in [1.807, 2.05) is 26.0 Å². The first-order valence-corrected chi connectivity index (χ1v) is 5.84. The summed E-state index contributed by atoms with van der Waals surface area (Å²) < 4.78 is 0. The molecule has 0 spiro atoms. The van der Waals surface area contributed by atoms with Crippen LogP contribution in [0.5, 0.6) is 0 Å². The zero-order valence-electron chi connectivity index (χ0n) is 10.5. The Morgan fingerprint density at radius 3 is 2.56 bits per heavy atom. The standard InChI is InChI=1S/C14H15N3O/c1-3-10(2)6-14(18)17-13-5-4-11(8-15)12(7-13)9-16/h4-5,7,10H,3,6H2,1-2H3,(H,17,18).